The molecule has 5 rings (SSSR count). The summed E-state index contributed by atoms with van der Waals surface area (Å²) >= 11 is 0. The van der Waals surface area contributed by atoms with E-state index in [1.54, 1.807) is 0 Å². The van der Waals surface area contributed by atoms with Crippen LogP contribution in [0.15, 0.2) is 84.9 Å². The van der Waals surface area contributed by atoms with Gasteiger partial charge in [-0.25, -0.2) is 0 Å². The Morgan fingerprint density at radius 2 is 1.42 bits per heavy atom. The highest BCUT2D eigenvalue weighted by Crippen LogP contribution is 2.53. The van der Waals surface area contributed by atoms with E-state index in [-0.39, 0.29) is 16.9 Å². The number of ketones is 1. The van der Waals surface area contributed by atoms with E-state index in [2.05, 4.69) is 50.2 Å². The molecule has 4 aromatic rings. The van der Waals surface area contributed by atoms with Crippen molar-refractivity contribution in [2.45, 2.75) is 44.9 Å². The molecule has 2 heteroatoms. The van der Waals surface area contributed by atoms with Crippen molar-refractivity contribution >= 4 is 22.3 Å². The van der Waals surface area contributed by atoms with Gasteiger partial charge in [0.2, 0.25) is 5.78 Å². The second kappa shape index (κ2) is 8.44. The van der Waals surface area contributed by atoms with Crippen molar-refractivity contribution in [2.75, 3.05) is 0 Å². The Labute approximate surface area is 195 Å². The quantitative estimate of drug-likeness (QED) is 0.234. The summed E-state index contributed by atoms with van der Waals surface area (Å²) in [6.07, 6.45) is 4.28. The first-order valence-electron chi connectivity index (χ1n) is 12.0. The highest BCUT2D eigenvalue weighted by atomic mass is 16.1. The van der Waals surface area contributed by atoms with Crippen molar-refractivity contribution in [3.63, 3.8) is 0 Å². The molecule has 2 nitrogen and oxygen atoms in total. The predicted molar refractivity (Wildman–Crippen MR) is 138 cm³/mol. The molecule has 0 heterocycles. The third kappa shape index (κ3) is 3.33. The molecule has 1 aliphatic rings. The highest BCUT2D eigenvalue weighted by Gasteiger charge is 2.41. The normalized spacial score (nSPS) is 13.5. The van der Waals surface area contributed by atoms with Crippen molar-refractivity contribution in [3.8, 4) is 11.1 Å². The van der Waals surface area contributed by atoms with E-state index in [0.717, 1.165) is 36.5 Å². The van der Waals surface area contributed by atoms with Gasteiger partial charge < -0.3 is 0 Å². The average Bonchev–Trinajstić information content (AvgIpc) is 3.12. The van der Waals surface area contributed by atoms with Crippen molar-refractivity contribution in [2.24, 2.45) is 0 Å². The van der Waals surface area contributed by atoms with Crippen LogP contribution in [0.2, 0.25) is 0 Å². The minimum absolute atomic E-state index is 0.0545. The van der Waals surface area contributed by atoms with Gasteiger partial charge in [0.15, 0.2) is 0 Å². The van der Waals surface area contributed by atoms with E-state index in [1.165, 1.54) is 22.3 Å². The molecule has 0 aliphatic heterocycles. The van der Waals surface area contributed by atoms with E-state index < -0.39 is 0 Å². The minimum atomic E-state index is -0.216. The van der Waals surface area contributed by atoms with Gasteiger partial charge in [0.25, 0.3) is 0 Å². The molecule has 0 saturated carbocycles. The minimum Gasteiger partial charge on any atom is -0.296 e. The second-order valence-electron chi connectivity index (χ2n) is 9.12. The summed E-state index contributed by atoms with van der Waals surface area (Å²) in [7, 11) is 0. The lowest BCUT2D eigenvalue weighted by Crippen LogP contribution is -2.25. The molecule has 0 spiro atoms. The van der Waals surface area contributed by atoms with Crippen LogP contribution in [-0.2, 0) is 5.41 Å². The molecule has 0 bridgehead atoms. The number of fused-ring (bicyclic) bond motifs is 4. The van der Waals surface area contributed by atoms with Gasteiger partial charge in [-0.05, 0) is 51.9 Å². The van der Waals surface area contributed by atoms with Gasteiger partial charge in [0.05, 0.1) is 0 Å². The van der Waals surface area contributed by atoms with Crippen LogP contribution in [0.5, 0.6) is 0 Å². The topological polar surface area (TPSA) is 40.9 Å². The van der Waals surface area contributed by atoms with Crippen LogP contribution in [0.25, 0.3) is 21.9 Å². The number of carbonyl (C=O) groups is 1. The molecular formula is C31H29NO. The van der Waals surface area contributed by atoms with Gasteiger partial charge in [-0.3, -0.25) is 10.2 Å². The Morgan fingerprint density at radius 1 is 0.758 bits per heavy atom. The molecule has 33 heavy (non-hydrogen) atoms. The monoisotopic (exact) mass is 431 g/mol. The molecule has 0 unspecified atom stereocenters. The molecule has 164 valence electrons. The summed E-state index contributed by atoms with van der Waals surface area (Å²) in [5.74, 6) is -0.216. The zero-order valence-electron chi connectivity index (χ0n) is 19.3. The summed E-state index contributed by atoms with van der Waals surface area (Å²) in [6.45, 7) is 4.48. The molecule has 1 N–H and O–H groups in total. The van der Waals surface area contributed by atoms with Crippen molar-refractivity contribution in [1.82, 2.24) is 0 Å². The standard InChI is InChI=1S/C31H29NO/c1-3-18-31(19-4-2)27-15-8-7-13-24(27)25-17-16-22(20-28(25)31)30(33)29(32)26-14-9-11-21-10-5-6-12-23(21)26/h5-17,20,32H,3-4,18-19H2,1-2H3. The Kier molecular flexibility index (Phi) is 5.46. The van der Waals surface area contributed by atoms with E-state index in [9.17, 15) is 4.79 Å². The predicted octanol–water partition coefficient (Wildman–Crippen LogP) is 7.96. The zero-order valence-corrected chi connectivity index (χ0v) is 19.3. The van der Waals surface area contributed by atoms with Crippen molar-refractivity contribution < 1.29 is 4.79 Å². The van der Waals surface area contributed by atoms with Gasteiger partial charge in [-0.2, -0.15) is 0 Å². The molecule has 0 radical (unpaired) electrons. The summed E-state index contributed by atoms with van der Waals surface area (Å²) < 4.78 is 0. The van der Waals surface area contributed by atoms with Gasteiger partial charge in [-0.1, -0.05) is 106 Å². The number of nitrogens with one attached hydrogen (secondary N) is 1. The lowest BCUT2D eigenvalue weighted by molar-refractivity contribution is 0.106. The highest BCUT2D eigenvalue weighted by molar-refractivity contribution is 6.52. The molecule has 0 amide bonds. The Bertz CT molecular complexity index is 1370. The molecule has 1 aliphatic carbocycles. The summed E-state index contributed by atoms with van der Waals surface area (Å²) in [6, 6.07) is 28.6. The van der Waals surface area contributed by atoms with E-state index in [1.807, 2.05) is 48.5 Å². The Hall–Kier alpha value is -3.52. The second-order valence-corrected chi connectivity index (χ2v) is 9.12. The number of hydrogen-bond donors (Lipinski definition) is 1. The fourth-order valence-electron chi connectivity index (χ4n) is 5.82. The maximum absolute atomic E-state index is 13.6. The van der Waals surface area contributed by atoms with Crippen LogP contribution in [-0.4, -0.2) is 11.5 Å². The van der Waals surface area contributed by atoms with Gasteiger partial charge >= 0.3 is 0 Å². The lowest BCUT2D eigenvalue weighted by Gasteiger charge is -2.32. The lowest BCUT2D eigenvalue weighted by atomic mass is 9.71. The maximum atomic E-state index is 13.6. The van der Waals surface area contributed by atoms with Gasteiger partial charge in [-0.15, -0.1) is 0 Å². The first kappa shape index (κ1) is 21.3. The van der Waals surface area contributed by atoms with Crippen LogP contribution in [0.3, 0.4) is 0 Å². The first-order valence-corrected chi connectivity index (χ1v) is 12.0. The van der Waals surface area contributed by atoms with E-state index >= 15 is 0 Å². The number of benzene rings is 4. The molecular weight excluding hydrogens is 402 g/mol. The number of Topliss-reactive ketones (excluding diaryl/α,β-unsaturated/α-hetero) is 1. The SMILES string of the molecule is CCCC1(CCC)c2ccccc2-c2ccc(C(=O)C(=N)c3cccc4ccccc34)cc21. The maximum Gasteiger partial charge on any atom is 0.211 e. The summed E-state index contributed by atoms with van der Waals surface area (Å²) in [5.41, 5.74) is 6.46. The van der Waals surface area contributed by atoms with Crippen LogP contribution in [0, 0.1) is 5.41 Å². The smallest absolute Gasteiger partial charge is 0.211 e. The number of carbonyl (C=O) groups excluding carboxylic acids is 1. The van der Waals surface area contributed by atoms with E-state index in [4.69, 9.17) is 5.41 Å². The van der Waals surface area contributed by atoms with Crippen molar-refractivity contribution in [3.05, 3.63) is 107 Å². The fraction of sp³-hybridized carbons (Fsp3) is 0.226. The molecule has 0 aromatic heterocycles. The molecule has 0 fully saturated rings. The third-order valence-electron chi connectivity index (χ3n) is 7.17. The third-order valence-corrected chi connectivity index (χ3v) is 7.17. The van der Waals surface area contributed by atoms with Crippen LogP contribution in [0.4, 0.5) is 0 Å². The summed E-state index contributed by atoms with van der Waals surface area (Å²) in [4.78, 5) is 13.6. The zero-order chi connectivity index (χ0) is 23.0. The van der Waals surface area contributed by atoms with Crippen LogP contribution >= 0.6 is 0 Å². The Balaban J connectivity index is 1.62. The molecule has 0 atom stereocenters. The fourth-order valence-corrected chi connectivity index (χ4v) is 5.82. The number of rotatable bonds is 7. The van der Waals surface area contributed by atoms with Gasteiger partial charge in [0.1, 0.15) is 5.71 Å². The molecule has 0 saturated heterocycles. The van der Waals surface area contributed by atoms with Gasteiger partial charge in [0, 0.05) is 16.5 Å². The average molecular weight is 432 g/mol. The van der Waals surface area contributed by atoms with E-state index in [0.29, 0.717) is 11.1 Å². The largest absolute Gasteiger partial charge is 0.296 e. The van der Waals surface area contributed by atoms with Crippen LogP contribution < -0.4 is 0 Å². The molecule has 4 aromatic carbocycles. The van der Waals surface area contributed by atoms with Crippen molar-refractivity contribution in [1.29, 1.82) is 5.41 Å². The Morgan fingerprint density at radius 3 is 2.21 bits per heavy atom. The first-order chi connectivity index (χ1) is 16.1. The number of hydrogen-bond acceptors (Lipinski definition) is 2. The summed E-state index contributed by atoms with van der Waals surface area (Å²) in [5, 5.41) is 10.8. The van der Waals surface area contributed by atoms with Crippen LogP contribution in [0.1, 0.15) is 66.6 Å².